The summed E-state index contributed by atoms with van der Waals surface area (Å²) in [6.07, 6.45) is 3.50. The van der Waals surface area contributed by atoms with Gasteiger partial charge in [0.1, 0.15) is 11.4 Å². The quantitative estimate of drug-likeness (QED) is 0.859. The zero-order valence-electron chi connectivity index (χ0n) is 10.1. The summed E-state index contributed by atoms with van der Waals surface area (Å²) in [5.41, 5.74) is 1.35. The van der Waals surface area contributed by atoms with Crippen LogP contribution in [0.4, 0.5) is 0 Å². The van der Waals surface area contributed by atoms with Gasteiger partial charge >= 0.3 is 0 Å². The van der Waals surface area contributed by atoms with Gasteiger partial charge in [-0.2, -0.15) is 0 Å². The molecule has 3 rings (SSSR count). The Kier molecular flexibility index (Phi) is 2.91. The van der Waals surface area contributed by atoms with Gasteiger partial charge in [-0.05, 0) is 56.6 Å². The molecule has 1 aromatic rings. The number of rotatable bonds is 1. The summed E-state index contributed by atoms with van der Waals surface area (Å²) in [6.45, 7) is 4.53. The van der Waals surface area contributed by atoms with Crippen LogP contribution in [-0.2, 0) is 6.42 Å². The summed E-state index contributed by atoms with van der Waals surface area (Å²) >= 11 is 3.53. The van der Waals surface area contributed by atoms with Gasteiger partial charge in [0.25, 0.3) is 0 Å². The minimum absolute atomic E-state index is 0.00519. The molecule has 2 nitrogen and oxygen atoms in total. The van der Waals surface area contributed by atoms with Gasteiger partial charge in [-0.15, -0.1) is 0 Å². The third-order valence-corrected chi connectivity index (χ3v) is 4.60. The molecule has 1 saturated heterocycles. The molecule has 0 amide bonds. The van der Waals surface area contributed by atoms with Gasteiger partial charge < -0.3 is 10.1 Å². The lowest BCUT2D eigenvalue weighted by atomic mass is 9.80. The normalized spacial score (nSPS) is 28.8. The van der Waals surface area contributed by atoms with E-state index in [9.17, 15) is 0 Å². The lowest BCUT2D eigenvalue weighted by Gasteiger charge is -2.36. The molecule has 0 bridgehead atoms. The van der Waals surface area contributed by atoms with Crippen molar-refractivity contribution < 1.29 is 4.74 Å². The maximum Gasteiger partial charge on any atom is 0.123 e. The number of nitrogens with one attached hydrogen (secondary N) is 1. The summed E-state index contributed by atoms with van der Waals surface area (Å²) in [6, 6.07) is 6.35. The zero-order valence-corrected chi connectivity index (χ0v) is 11.7. The van der Waals surface area contributed by atoms with E-state index in [4.69, 9.17) is 4.74 Å². The van der Waals surface area contributed by atoms with E-state index in [0.29, 0.717) is 5.92 Å². The largest absolute Gasteiger partial charge is 0.487 e. The molecule has 1 fully saturated rings. The summed E-state index contributed by atoms with van der Waals surface area (Å²) < 4.78 is 7.39. The topological polar surface area (TPSA) is 21.3 Å². The molecule has 2 aliphatic rings. The second-order valence-corrected chi connectivity index (χ2v) is 6.28. The highest BCUT2D eigenvalue weighted by Gasteiger charge is 2.42. The van der Waals surface area contributed by atoms with Gasteiger partial charge in [-0.3, -0.25) is 0 Å². The van der Waals surface area contributed by atoms with Gasteiger partial charge in [-0.1, -0.05) is 15.9 Å². The fraction of sp³-hybridized carbons (Fsp3) is 0.571. The minimum Gasteiger partial charge on any atom is -0.487 e. The van der Waals surface area contributed by atoms with Crippen molar-refractivity contribution in [3.05, 3.63) is 28.2 Å². The number of piperidine rings is 1. The van der Waals surface area contributed by atoms with Crippen molar-refractivity contribution in [1.82, 2.24) is 5.32 Å². The molecule has 1 atom stereocenters. The molecule has 3 heteroatoms. The van der Waals surface area contributed by atoms with E-state index in [-0.39, 0.29) is 5.60 Å². The Balaban J connectivity index is 1.83. The third-order valence-electron chi connectivity index (χ3n) is 4.11. The van der Waals surface area contributed by atoms with E-state index in [2.05, 4.69) is 46.4 Å². The molecule has 17 heavy (non-hydrogen) atoms. The second kappa shape index (κ2) is 4.29. The van der Waals surface area contributed by atoms with Crippen molar-refractivity contribution in [1.29, 1.82) is 0 Å². The molecule has 1 unspecified atom stereocenters. The van der Waals surface area contributed by atoms with Gasteiger partial charge in [0.05, 0.1) is 0 Å². The molecule has 2 heterocycles. The fourth-order valence-corrected chi connectivity index (χ4v) is 3.52. The predicted molar refractivity (Wildman–Crippen MR) is 72.5 cm³/mol. The molecule has 2 aliphatic heterocycles. The number of fused-ring (bicyclic) bond motifs is 1. The maximum atomic E-state index is 6.24. The number of hydrogen-bond donors (Lipinski definition) is 1. The molecule has 0 aromatic heterocycles. The third kappa shape index (κ3) is 2.11. The molecule has 0 spiro atoms. The molecular weight excluding hydrogens is 278 g/mol. The fourth-order valence-electron chi connectivity index (χ4n) is 3.11. The minimum atomic E-state index is 0.00519. The van der Waals surface area contributed by atoms with Crippen LogP contribution in [0.1, 0.15) is 25.3 Å². The summed E-state index contributed by atoms with van der Waals surface area (Å²) in [7, 11) is 0. The van der Waals surface area contributed by atoms with Crippen molar-refractivity contribution >= 4 is 15.9 Å². The molecule has 92 valence electrons. The first kappa shape index (κ1) is 11.5. The first-order valence-electron chi connectivity index (χ1n) is 6.35. The van der Waals surface area contributed by atoms with Crippen LogP contribution in [0.25, 0.3) is 0 Å². The van der Waals surface area contributed by atoms with Crippen molar-refractivity contribution in [3.8, 4) is 5.75 Å². The van der Waals surface area contributed by atoms with Crippen LogP contribution in [0.15, 0.2) is 22.7 Å². The highest BCUT2D eigenvalue weighted by atomic mass is 79.9. The van der Waals surface area contributed by atoms with Crippen molar-refractivity contribution in [2.24, 2.45) is 5.92 Å². The average molecular weight is 296 g/mol. The summed E-state index contributed by atoms with van der Waals surface area (Å²) in [4.78, 5) is 0. The molecule has 1 N–H and O–H groups in total. The van der Waals surface area contributed by atoms with E-state index >= 15 is 0 Å². The lowest BCUT2D eigenvalue weighted by Crippen LogP contribution is -2.44. The smallest absolute Gasteiger partial charge is 0.123 e. The Morgan fingerprint density at radius 3 is 2.88 bits per heavy atom. The van der Waals surface area contributed by atoms with Crippen LogP contribution < -0.4 is 10.1 Å². The van der Waals surface area contributed by atoms with Gasteiger partial charge in [0.2, 0.25) is 0 Å². The van der Waals surface area contributed by atoms with Crippen LogP contribution in [-0.4, -0.2) is 18.7 Å². The molecule has 1 aromatic carbocycles. The monoisotopic (exact) mass is 295 g/mol. The van der Waals surface area contributed by atoms with E-state index in [1.165, 1.54) is 18.4 Å². The SMILES string of the molecule is CC1(C2CCNCC2)Cc2cc(Br)ccc2O1. The number of benzene rings is 1. The summed E-state index contributed by atoms with van der Waals surface area (Å²) in [5, 5.41) is 3.42. The first-order valence-corrected chi connectivity index (χ1v) is 7.15. The molecule has 0 aliphatic carbocycles. The maximum absolute atomic E-state index is 6.24. The predicted octanol–water partition coefficient (Wildman–Crippen LogP) is 3.14. The standard InChI is InChI=1S/C14H18BrNO/c1-14(11-4-6-16-7-5-11)9-10-8-12(15)2-3-13(10)17-14/h2-3,8,11,16H,4-7,9H2,1H3. The van der Waals surface area contributed by atoms with Crippen molar-refractivity contribution in [2.45, 2.75) is 31.8 Å². The lowest BCUT2D eigenvalue weighted by molar-refractivity contribution is 0.0319. The molecule has 0 saturated carbocycles. The van der Waals surface area contributed by atoms with Crippen LogP contribution in [0.3, 0.4) is 0 Å². The van der Waals surface area contributed by atoms with E-state index in [1.807, 2.05) is 0 Å². The highest BCUT2D eigenvalue weighted by molar-refractivity contribution is 9.10. The molecular formula is C14H18BrNO. The Labute approximate surface area is 111 Å². The van der Waals surface area contributed by atoms with Crippen LogP contribution in [0.5, 0.6) is 5.75 Å². The second-order valence-electron chi connectivity index (χ2n) is 5.37. The van der Waals surface area contributed by atoms with Gasteiger partial charge in [-0.25, -0.2) is 0 Å². The van der Waals surface area contributed by atoms with E-state index < -0.39 is 0 Å². The average Bonchev–Trinajstić information content (AvgIpc) is 2.67. The van der Waals surface area contributed by atoms with Crippen LogP contribution in [0.2, 0.25) is 0 Å². The Morgan fingerprint density at radius 2 is 2.12 bits per heavy atom. The summed E-state index contributed by atoms with van der Waals surface area (Å²) in [5.74, 6) is 1.75. The Morgan fingerprint density at radius 1 is 1.35 bits per heavy atom. The first-order chi connectivity index (χ1) is 8.17. The van der Waals surface area contributed by atoms with Gasteiger partial charge in [0.15, 0.2) is 0 Å². The van der Waals surface area contributed by atoms with Crippen LogP contribution in [0, 0.1) is 5.92 Å². The number of hydrogen-bond acceptors (Lipinski definition) is 2. The number of halogens is 1. The Hall–Kier alpha value is -0.540. The van der Waals surface area contributed by atoms with Crippen molar-refractivity contribution in [2.75, 3.05) is 13.1 Å². The molecule has 0 radical (unpaired) electrons. The van der Waals surface area contributed by atoms with E-state index in [0.717, 1.165) is 29.7 Å². The van der Waals surface area contributed by atoms with Crippen molar-refractivity contribution in [3.63, 3.8) is 0 Å². The van der Waals surface area contributed by atoms with Gasteiger partial charge in [0, 0.05) is 16.8 Å². The highest BCUT2D eigenvalue weighted by Crippen LogP contribution is 2.42. The zero-order chi connectivity index (χ0) is 11.9. The number of ether oxygens (including phenoxy) is 1. The Bertz CT molecular complexity index is 428. The van der Waals surface area contributed by atoms with E-state index in [1.54, 1.807) is 0 Å². The van der Waals surface area contributed by atoms with Crippen LogP contribution >= 0.6 is 15.9 Å².